The highest BCUT2D eigenvalue weighted by atomic mass is 35.5. The molecule has 2 heterocycles. The Morgan fingerprint density at radius 2 is 1.74 bits per heavy atom. The Bertz CT molecular complexity index is 975. The third-order valence-electron chi connectivity index (χ3n) is 7.76. The molecule has 34 heavy (non-hydrogen) atoms. The van der Waals surface area contributed by atoms with E-state index in [0.29, 0.717) is 11.6 Å². The lowest BCUT2D eigenvalue weighted by Gasteiger charge is -2.43. The van der Waals surface area contributed by atoms with Gasteiger partial charge in [-0.05, 0) is 43.4 Å². The number of likely N-dealkylation sites (tertiary alicyclic amines) is 1. The number of ketones is 1. The van der Waals surface area contributed by atoms with Crippen LogP contribution in [0.3, 0.4) is 0 Å². The zero-order chi connectivity index (χ0) is 24.9. The number of alkyl halides is 3. The Labute approximate surface area is 200 Å². The lowest BCUT2D eigenvalue weighted by Crippen LogP contribution is -2.62. The highest BCUT2D eigenvalue weighted by Crippen LogP contribution is 2.58. The smallest absolute Gasteiger partial charge is 0.407 e. The zero-order valence-corrected chi connectivity index (χ0v) is 19.5. The van der Waals surface area contributed by atoms with Gasteiger partial charge < -0.3 is 15.3 Å². The fourth-order valence-corrected chi connectivity index (χ4v) is 5.61. The van der Waals surface area contributed by atoms with Crippen LogP contribution in [-0.2, 0) is 9.59 Å². The summed E-state index contributed by atoms with van der Waals surface area (Å²) in [4.78, 5) is 40.8. The molecule has 4 rings (SSSR count). The van der Waals surface area contributed by atoms with Crippen molar-refractivity contribution >= 4 is 29.4 Å². The molecule has 7 nitrogen and oxygen atoms in total. The Balaban J connectivity index is 1.55. The van der Waals surface area contributed by atoms with Crippen LogP contribution in [-0.4, -0.2) is 77.6 Å². The van der Waals surface area contributed by atoms with E-state index in [9.17, 15) is 32.7 Å². The Hall–Kier alpha value is -2.33. The van der Waals surface area contributed by atoms with Crippen LogP contribution in [0.25, 0.3) is 0 Å². The number of carboxylic acid groups (broad SMARTS) is 1. The molecule has 0 unspecified atom stereocenters. The number of rotatable bonds is 5. The first-order chi connectivity index (χ1) is 15.9. The van der Waals surface area contributed by atoms with Crippen LogP contribution in [0.1, 0.15) is 37.2 Å². The standard InChI is InChI=1S/C23H27ClF3N3O4/c1-29(20(33)34)22(13-28-12-17(22)14-2-4-16(24)5-3-14)18(31)15-6-10-30(11-7-15)19(32)21(8-9-21)23(25,26)27/h2-5,15,17,28H,6-13H2,1H3,(H,33,34)/t17-,22+/m0/s1. The van der Waals surface area contributed by atoms with Gasteiger partial charge in [-0.1, -0.05) is 23.7 Å². The summed E-state index contributed by atoms with van der Waals surface area (Å²) in [6.07, 6.45) is -5.83. The van der Waals surface area contributed by atoms with Crippen molar-refractivity contribution in [2.75, 3.05) is 33.2 Å². The second-order valence-electron chi connectivity index (χ2n) is 9.51. The van der Waals surface area contributed by atoms with Gasteiger partial charge in [0.15, 0.2) is 5.78 Å². The first kappa shape index (κ1) is 24.8. The molecule has 0 aromatic heterocycles. The van der Waals surface area contributed by atoms with E-state index in [-0.39, 0.29) is 51.1 Å². The number of halogens is 4. The van der Waals surface area contributed by atoms with Crippen molar-refractivity contribution in [2.45, 2.75) is 43.3 Å². The maximum absolute atomic E-state index is 13.9. The predicted octanol–water partition coefficient (Wildman–Crippen LogP) is 3.53. The first-order valence-electron chi connectivity index (χ1n) is 11.3. The van der Waals surface area contributed by atoms with Crippen molar-refractivity contribution in [1.29, 1.82) is 0 Å². The van der Waals surface area contributed by atoms with Crippen molar-refractivity contribution in [3.63, 3.8) is 0 Å². The average Bonchev–Trinajstić information content (AvgIpc) is 3.52. The van der Waals surface area contributed by atoms with Crippen LogP contribution in [0.4, 0.5) is 18.0 Å². The van der Waals surface area contributed by atoms with Crippen LogP contribution in [0.2, 0.25) is 5.02 Å². The van der Waals surface area contributed by atoms with Crippen LogP contribution < -0.4 is 5.32 Å². The van der Waals surface area contributed by atoms with E-state index in [4.69, 9.17) is 11.6 Å². The molecule has 0 spiro atoms. The van der Waals surface area contributed by atoms with E-state index >= 15 is 0 Å². The molecule has 1 aromatic rings. The van der Waals surface area contributed by atoms with E-state index in [1.54, 1.807) is 24.3 Å². The third kappa shape index (κ3) is 3.94. The van der Waals surface area contributed by atoms with Gasteiger partial charge in [0.1, 0.15) is 11.0 Å². The number of carbonyl (C=O) groups is 3. The first-order valence-corrected chi connectivity index (χ1v) is 11.7. The van der Waals surface area contributed by atoms with Crippen LogP contribution >= 0.6 is 11.6 Å². The topological polar surface area (TPSA) is 90.0 Å². The second-order valence-corrected chi connectivity index (χ2v) is 9.95. The van der Waals surface area contributed by atoms with E-state index in [1.165, 1.54) is 11.9 Å². The van der Waals surface area contributed by atoms with Crippen LogP contribution in [0, 0.1) is 11.3 Å². The Morgan fingerprint density at radius 3 is 2.24 bits per heavy atom. The van der Waals surface area contributed by atoms with Crippen molar-refractivity contribution in [1.82, 2.24) is 15.1 Å². The normalized spacial score (nSPS) is 26.9. The molecular formula is C23H27ClF3N3O4. The molecule has 2 aliphatic heterocycles. The van der Waals surface area contributed by atoms with Crippen molar-refractivity contribution < 1.29 is 32.7 Å². The number of hydrogen-bond donors (Lipinski definition) is 2. The van der Waals surface area contributed by atoms with E-state index < -0.39 is 41.0 Å². The molecule has 1 saturated carbocycles. The molecule has 1 aliphatic carbocycles. The summed E-state index contributed by atoms with van der Waals surface area (Å²) >= 11 is 6.00. The molecule has 11 heteroatoms. The van der Waals surface area contributed by atoms with Crippen molar-refractivity contribution in [2.24, 2.45) is 11.3 Å². The Morgan fingerprint density at radius 1 is 1.15 bits per heavy atom. The summed E-state index contributed by atoms with van der Waals surface area (Å²) in [7, 11) is 1.37. The van der Waals surface area contributed by atoms with Crippen molar-refractivity contribution in [3.05, 3.63) is 34.9 Å². The monoisotopic (exact) mass is 501 g/mol. The maximum atomic E-state index is 13.9. The quantitative estimate of drug-likeness (QED) is 0.644. The van der Waals surface area contributed by atoms with Gasteiger partial charge in [-0.25, -0.2) is 4.79 Å². The summed E-state index contributed by atoms with van der Waals surface area (Å²) in [5.41, 5.74) is -2.88. The van der Waals surface area contributed by atoms with Gasteiger partial charge in [-0.15, -0.1) is 0 Å². The van der Waals surface area contributed by atoms with Gasteiger partial charge in [0.2, 0.25) is 5.91 Å². The fourth-order valence-electron chi connectivity index (χ4n) is 5.48. The average molecular weight is 502 g/mol. The zero-order valence-electron chi connectivity index (χ0n) is 18.7. The minimum absolute atomic E-state index is 0.0407. The van der Waals surface area contributed by atoms with E-state index in [0.717, 1.165) is 10.5 Å². The van der Waals surface area contributed by atoms with Crippen LogP contribution in [0.5, 0.6) is 0 Å². The number of benzene rings is 1. The predicted molar refractivity (Wildman–Crippen MR) is 118 cm³/mol. The fraction of sp³-hybridized carbons (Fsp3) is 0.609. The minimum Gasteiger partial charge on any atom is -0.465 e. The van der Waals surface area contributed by atoms with Gasteiger partial charge in [0.05, 0.1) is 0 Å². The number of amides is 2. The second kappa shape index (κ2) is 8.71. The summed E-state index contributed by atoms with van der Waals surface area (Å²) < 4.78 is 40.1. The van der Waals surface area contributed by atoms with E-state index in [2.05, 4.69) is 5.32 Å². The summed E-state index contributed by atoms with van der Waals surface area (Å²) in [6, 6.07) is 6.91. The largest absolute Gasteiger partial charge is 0.465 e. The van der Waals surface area contributed by atoms with Gasteiger partial charge in [0.25, 0.3) is 0 Å². The lowest BCUT2D eigenvalue weighted by molar-refractivity contribution is -0.199. The molecular weight excluding hydrogens is 475 g/mol. The number of Topliss-reactive ketones (excluding diaryl/α,β-unsaturated/α-hetero) is 1. The molecule has 0 radical (unpaired) electrons. The number of hydrogen-bond acceptors (Lipinski definition) is 4. The van der Waals surface area contributed by atoms with Gasteiger partial charge in [-0.3, -0.25) is 14.5 Å². The number of nitrogens with one attached hydrogen (secondary N) is 1. The maximum Gasteiger partial charge on any atom is 0.407 e. The molecule has 3 fully saturated rings. The van der Waals surface area contributed by atoms with Crippen LogP contribution in [0.15, 0.2) is 24.3 Å². The molecule has 3 aliphatic rings. The molecule has 1 aromatic carbocycles. The van der Waals surface area contributed by atoms with Crippen molar-refractivity contribution in [3.8, 4) is 0 Å². The summed E-state index contributed by atoms with van der Waals surface area (Å²) in [5, 5.41) is 13.5. The highest BCUT2D eigenvalue weighted by molar-refractivity contribution is 6.30. The number of piperidine rings is 1. The SMILES string of the molecule is CN(C(=O)O)[C@]1(C(=O)C2CCN(C(=O)C3(C(F)(F)F)CC3)CC2)CNC[C@H]1c1ccc(Cl)cc1. The Kier molecular flexibility index (Phi) is 6.35. The summed E-state index contributed by atoms with van der Waals surface area (Å²) in [5.74, 6) is -2.21. The lowest BCUT2D eigenvalue weighted by atomic mass is 9.72. The minimum atomic E-state index is -4.58. The number of likely N-dealkylation sites (N-methyl/N-ethyl adjacent to an activating group) is 1. The van der Waals surface area contributed by atoms with Gasteiger partial charge in [-0.2, -0.15) is 13.2 Å². The summed E-state index contributed by atoms with van der Waals surface area (Å²) in [6.45, 7) is 0.590. The molecule has 2 N–H and O–H groups in total. The van der Waals surface area contributed by atoms with E-state index in [1.807, 2.05) is 0 Å². The number of nitrogens with zero attached hydrogens (tertiary/aromatic N) is 2. The van der Waals surface area contributed by atoms with Gasteiger partial charge >= 0.3 is 12.3 Å². The molecule has 186 valence electrons. The number of carbonyl (C=O) groups excluding carboxylic acids is 2. The molecule has 2 atom stereocenters. The molecule has 2 amide bonds. The third-order valence-corrected chi connectivity index (χ3v) is 8.01. The van der Waals surface area contributed by atoms with Gasteiger partial charge in [0, 0.05) is 50.1 Å². The molecule has 0 bridgehead atoms. The highest BCUT2D eigenvalue weighted by Gasteiger charge is 2.69. The molecule has 2 saturated heterocycles.